The quantitative estimate of drug-likeness (QED) is 0.849. The number of hydrogen-bond acceptors (Lipinski definition) is 2. The summed E-state index contributed by atoms with van der Waals surface area (Å²) >= 11 is 0. The maximum Gasteiger partial charge on any atom is 0.251 e. The van der Waals surface area contributed by atoms with Gasteiger partial charge < -0.3 is 11.1 Å². The SMILES string of the molecule is Cc1ccc(C(=O)N[C@H](C)CN)c(C)c1.Cl. The number of nitrogens with two attached hydrogens (primary N) is 1. The minimum atomic E-state index is -0.0505. The second-order valence-corrected chi connectivity index (χ2v) is 3.93. The van der Waals surface area contributed by atoms with Crippen molar-refractivity contribution < 1.29 is 4.79 Å². The first-order valence-corrected chi connectivity index (χ1v) is 5.12. The first-order valence-electron chi connectivity index (χ1n) is 5.12. The van der Waals surface area contributed by atoms with Crippen molar-refractivity contribution in [2.75, 3.05) is 6.54 Å². The summed E-state index contributed by atoms with van der Waals surface area (Å²) in [5, 5.41) is 2.84. The van der Waals surface area contributed by atoms with Crippen LogP contribution in [0.4, 0.5) is 0 Å². The van der Waals surface area contributed by atoms with Crippen LogP contribution in [0.1, 0.15) is 28.4 Å². The number of halogens is 1. The van der Waals surface area contributed by atoms with E-state index in [9.17, 15) is 4.79 Å². The average Bonchev–Trinajstić information content (AvgIpc) is 2.17. The number of aryl methyl sites for hydroxylation is 2. The number of carbonyl (C=O) groups excluding carboxylic acids is 1. The molecule has 1 amide bonds. The van der Waals surface area contributed by atoms with Crippen molar-refractivity contribution in [2.45, 2.75) is 26.8 Å². The van der Waals surface area contributed by atoms with Gasteiger partial charge in [-0.2, -0.15) is 0 Å². The molecular formula is C12H19ClN2O. The summed E-state index contributed by atoms with van der Waals surface area (Å²) in [6, 6.07) is 5.80. The molecule has 0 aliphatic carbocycles. The van der Waals surface area contributed by atoms with E-state index in [-0.39, 0.29) is 24.4 Å². The van der Waals surface area contributed by atoms with Gasteiger partial charge in [0.25, 0.3) is 5.91 Å². The third kappa shape index (κ3) is 3.83. The Kier molecular flexibility index (Phi) is 6.08. The van der Waals surface area contributed by atoms with Gasteiger partial charge in [-0.1, -0.05) is 17.7 Å². The van der Waals surface area contributed by atoms with Crippen LogP contribution >= 0.6 is 12.4 Å². The van der Waals surface area contributed by atoms with Gasteiger partial charge in [-0.3, -0.25) is 4.79 Å². The molecule has 0 saturated heterocycles. The molecule has 3 nitrogen and oxygen atoms in total. The number of rotatable bonds is 3. The smallest absolute Gasteiger partial charge is 0.251 e. The molecule has 1 aromatic rings. The van der Waals surface area contributed by atoms with E-state index in [2.05, 4.69) is 5.32 Å². The van der Waals surface area contributed by atoms with E-state index >= 15 is 0 Å². The average molecular weight is 243 g/mol. The largest absolute Gasteiger partial charge is 0.348 e. The Labute approximate surface area is 103 Å². The van der Waals surface area contributed by atoms with Gasteiger partial charge in [0.2, 0.25) is 0 Å². The van der Waals surface area contributed by atoms with Crippen molar-refractivity contribution in [2.24, 2.45) is 5.73 Å². The van der Waals surface area contributed by atoms with Gasteiger partial charge in [-0.05, 0) is 32.4 Å². The topological polar surface area (TPSA) is 55.1 Å². The minimum absolute atomic E-state index is 0. The fourth-order valence-corrected chi connectivity index (χ4v) is 1.43. The van der Waals surface area contributed by atoms with Crippen molar-refractivity contribution in [3.63, 3.8) is 0 Å². The fraction of sp³-hybridized carbons (Fsp3) is 0.417. The predicted octanol–water partition coefficient (Wildman–Crippen LogP) is 1.80. The molecular weight excluding hydrogens is 224 g/mol. The monoisotopic (exact) mass is 242 g/mol. The van der Waals surface area contributed by atoms with Crippen molar-refractivity contribution in [3.05, 3.63) is 34.9 Å². The normalized spacial score (nSPS) is 11.5. The van der Waals surface area contributed by atoms with E-state index in [1.54, 1.807) is 0 Å². The van der Waals surface area contributed by atoms with E-state index in [1.807, 2.05) is 39.0 Å². The molecule has 3 N–H and O–H groups in total. The predicted molar refractivity (Wildman–Crippen MR) is 69.1 cm³/mol. The fourth-order valence-electron chi connectivity index (χ4n) is 1.43. The van der Waals surface area contributed by atoms with Crippen LogP contribution in [0, 0.1) is 13.8 Å². The van der Waals surface area contributed by atoms with Gasteiger partial charge >= 0.3 is 0 Å². The Hall–Kier alpha value is -1.06. The van der Waals surface area contributed by atoms with Crippen LogP contribution in [-0.2, 0) is 0 Å². The highest BCUT2D eigenvalue weighted by atomic mass is 35.5. The summed E-state index contributed by atoms with van der Waals surface area (Å²) in [4.78, 5) is 11.8. The summed E-state index contributed by atoms with van der Waals surface area (Å²) in [7, 11) is 0. The highest BCUT2D eigenvalue weighted by Gasteiger charge is 2.10. The first-order chi connectivity index (χ1) is 7.04. The summed E-state index contributed by atoms with van der Waals surface area (Å²) in [6.45, 7) is 6.30. The Bertz CT molecular complexity index is 366. The lowest BCUT2D eigenvalue weighted by atomic mass is 10.1. The van der Waals surface area contributed by atoms with Crippen molar-refractivity contribution in [1.29, 1.82) is 0 Å². The molecule has 0 bridgehead atoms. The highest BCUT2D eigenvalue weighted by molar-refractivity contribution is 5.95. The molecule has 1 atom stereocenters. The molecule has 0 fully saturated rings. The van der Waals surface area contributed by atoms with Crippen LogP contribution in [-0.4, -0.2) is 18.5 Å². The lowest BCUT2D eigenvalue weighted by Crippen LogP contribution is -2.38. The Morgan fingerprint density at radius 2 is 2.06 bits per heavy atom. The number of benzene rings is 1. The Balaban J connectivity index is 0.00000225. The van der Waals surface area contributed by atoms with Gasteiger partial charge in [0.15, 0.2) is 0 Å². The number of hydrogen-bond donors (Lipinski definition) is 2. The first kappa shape index (κ1) is 14.9. The van der Waals surface area contributed by atoms with Crippen molar-refractivity contribution >= 4 is 18.3 Å². The van der Waals surface area contributed by atoms with Gasteiger partial charge in [0.05, 0.1) is 0 Å². The molecule has 0 heterocycles. The Morgan fingerprint density at radius 3 is 2.56 bits per heavy atom. The molecule has 0 radical (unpaired) electrons. The van der Waals surface area contributed by atoms with Gasteiger partial charge in [0.1, 0.15) is 0 Å². The molecule has 1 rings (SSSR count). The van der Waals surface area contributed by atoms with Crippen molar-refractivity contribution in [3.8, 4) is 0 Å². The highest BCUT2D eigenvalue weighted by Crippen LogP contribution is 2.10. The van der Waals surface area contributed by atoms with Crippen LogP contribution in [0.25, 0.3) is 0 Å². The molecule has 0 unspecified atom stereocenters. The van der Waals surface area contributed by atoms with Gasteiger partial charge in [0, 0.05) is 18.2 Å². The molecule has 0 spiro atoms. The number of carbonyl (C=O) groups is 1. The van der Waals surface area contributed by atoms with E-state index in [0.29, 0.717) is 6.54 Å². The molecule has 0 saturated carbocycles. The zero-order valence-corrected chi connectivity index (χ0v) is 10.7. The third-order valence-corrected chi connectivity index (χ3v) is 2.36. The molecule has 16 heavy (non-hydrogen) atoms. The van der Waals surface area contributed by atoms with E-state index in [1.165, 1.54) is 0 Å². The molecule has 4 heteroatoms. The van der Waals surface area contributed by atoms with E-state index in [4.69, 9.17) is 5.73 Å². The maximum atomic E-state index is 11.8. The van der Waals surface area contributed by atoms with Crippen LogP contribution in [0.15, 0.2) is 18.2 Å². The Morgan fingerprint density at radius 1 is 1.44 bits per heavy atom. The number of nitrogens with one attached hydrogen (secondary N) is 1. The van der Waals surface area contributed by atoms with Gasteiger partial charge in [-0.25, -0.2) is 0 Å². The van der Waals surface area contributed by atoms with E-state index in [0.717, 1.165) is 16.7 Å². The molecule has 0 aromatic heterocycles. The van der Waals surface area contributed by atoms with E-state index < -0.39 is 0 Å². The second-order valence-electron chi connectivity index (χ2n) is 3.93. The molecule has 1 aromatic carbocycles. The van der Waals surface area contributed by atoms with Crippen LogP contribution in [0.3, 0.4) is 0 Å². The molecule has 0 aliphatic rings. The minimum Gasteiger partial charge on any atom is -0.348 e. The summed E-state index contributed by atoms with van der Waals surface area (Å²) in [5.74, 6) is -0.0505. The molecule has 0 aliphatic heterocycles. The van der Waals surface area contributed by atoms with Crippen LogP contribution in [0.5, 0.6) is 0 Å². The zero-order valence-electron chi connectivity index (χ0n) is 9.91. The lowest BCUT2D eigenvalue weighted by molar-refractivity contribution is 0.0940. The summed E-state index contributed by atoms with van der Waals surface area (Å²) < 4.78 is 0. The second kappa shape index (κ2) is 6.51. The van der Waals surface area contributed by atoms with Crippen molar-refractivity contribution in [1.82, 2.24) is 5.32 Å². The zero-order chi connectivity index (χ0) is 11.4. The maximum absolute atomic E-state index is 11.8. The van der Waals surface area contributed by atoms with Gasteiger partial charge in [-0.15, -0.1) is 12.4 Å². The lowest BCUT2D eigenvalue weighted by Gasteiger charge is -2.12. The standard InChI is InChI=1S/C12H18N2O.ClH/c1-8-4-5-11(9(2)6-8)12(15)14-10(3)7-13;/h4-6,10H,7,13H2,1-3H3,(H,14,15);1H/t10-;/m1./s1. The molecule has 90 valence electrons. The summed E-state index contributed by atoms with van der Waals surface area (Å²) in [5.41, 5.74) is 8.33. The van der Waals surface area contributed by atoms with Crippen LogP contribution < -0.4 is 11.1 Å². The third-order valence-electron chi connectivity index (χ3n) is 2.36. The summed E-state index contributed by atoms with van der Waals surface area (Å²) in [6.07, 6.45) is 0. The van der Waals surface area contributed by atoms with Crippen LogP contribution in [0.2, 0.25) is 0 Å². The number of amides is 1.